The Bertz CT molecular complexity index is 539. The third-order valence-electron chi connectivity index (χ3n) is 2.67. The van der Waals surface area contributed by atoms with Crippen molar-refractivity contribution in [3.63, 3.8) is 0 Å². The summed E-state index contributed by atoms with van der Waals surface area (Å²) in [6, 6.07) is 13.1. The molecule has 1 aromatic carbocycles. The Balaban J connectivity index is 2.19. The molecule has 0 saturated heterocycles. The van der Waals surface area contributed by atoms with Crippen LogP contribution in [0.25, 0.3) is 0 Å². The van der Waals surface area contributed by atoms with Gasteiger partial charge in [-0.2, -0.15) is 0 Å². The molecule has 2 aromatic rings. The van der Waals surface area contributed by atoms with E-state index in [2.05, 4.69) is 4.98 Å². The first kappa shape index (κ1) is 12.9. The van der Waals surface area contributed by atoms with E-state index in [0.717, 1.165) is 11.4 Å². The van der Waals surface area contributed by atoms with Crippen LogP contribution in [-0.4, -0.2) is 17.4 Å². The molecule has 5 nitrogen and oxygen atoms in total. The maximum absolute atomic E-state index is 11.2. The van der Waals surface area contributed by atoms with E-state index in [1.54, 1.807) is 6.20 Å². The number of rotatable bonds is 5. The summed E-state index contributed by atoms with van der Waals surface area (Å²) in [5.41, 5.74) is 12.7. The van der Waals surface area contributed by atoms with Crippen LogP contribution in [-0.2, 0) is 11.3 Å². The van der Waals surface area contributed by atoms with Crippen molar-refractivity contribution in [1.29, 1.82) is 0 Å². The predicted molar refractivity (Wildman–Crippen MR) is 75.3 cm³/mol. The summed E-state index contributed by atoms with van der Waals surface area (Å²) in [5.74, 6) is 0.333. The lowest BCUT2D eigenvalue weighted by molar-refractivity contribution is -0.116. The summed E-state index contributed by atoms with van der Waals surface area (Å²) in [7, 11) is 0. The van der Waals surface area contributed by atoms with Gasteiger partial charge in [0.2, 0.25) is 5.91 Å². The molecule has 1 aromatic heterocycles. The smallest absolute Gasteiger partial charge is 0.237 e. The molecule has 98 valence electrons. The molecule has 0 atom stereocenters. The number of nitrogen functional groups attached to an aromatic ring is 1. The molecule has 0 fully saturated rings. The quantitative estimate of drug-likeness (QED) is 0.786. The lowest BCUT2D eigenvalue weighted by Crippen LogP contribution is -2.33. The Hall–Kier alpha value is -2.56. The highest BCUT2D eigenvalue weighted by Crippen LogP contribution is 2.14. The van der Waals surface area contributed by atoms with Crippen molar-refractivity contribution in [3.05, 3.63) is 54.2 Å². The van der Waals surface area contributed by atoms with E-state index in [0.29, 0.717) is 12.2 Å². The molecule has 1 amide bonds. The second kappa shape index (κ2) is 5.86. The summed E-state index contributed by atoms with van der Waals surface area (Å²) in [6.45, 7) is 0.682. The van der Waals surface area contributed by atoms with Gasteiger partial charge in [0.15, 0.2) is 0 Å². The van der Waals surface area contributed by atoms with E-state index in [1.807, 2.05) is 47.4 Å². The average molecular weight is 256 g/mol. The molecule has 0 unspecified atom stereocenters. The van der Waals surface area contributed by atoms with Crippen molar-refractivity contribution in [3.8, 4) is 0 Å². The summed E-state index contributed by atoms with van der Waals surface area (Å²) in [6.07, 6.45) is 1.69. The Labute approximate surface area is 111 Å². The summed E-state index contributed by atoms with van der Waals surface area (Å²) >= 11 is 0. The maximum Gasteiger partial charge on any atom is 0.237 e. The summed E-state index contributed by atoms with van der Waals surface area (Å²) in [5, 5.41) is 0. The fourth-order valence-electron chi connectivity index (χ4n) is 1.79. The Morgan fingerprint density at radius 1 is 1.16 bits per heavy atom. The highest BCUT2D eigenvalue weighted by atomic mass is 16.1. The van der Waals surface area contributed by atoms with Crippen molar-refractivity contribution >= 4 is 17.4 Å². The number of nitrogens with two attached hydrogens (primary N) is 2. The van der Waals surface area contributed by atoms with E-state index in [1.165, 1.54) is 0 Å². The van der Waals surface area contributed by atoms with Crippen LogP contribution >= 0.6 is 0 Å². The minimum Gasteiger partial charge on any atom is -0.399 e. The van der Waals surface area contributed by atoms with Crippen molar-refractivity contribution in [2.75, 3.05) is 17.2 Å². The largest absolute Gasteiger partial charge is 0.399 e. The minimum atomic E-state index is -0.388. The third kappa shape index (κ3) is 3.70. The van der Waals surface area contributed by atoms with Crippen LogP contribution in [0.1, 0.15) is 5.56 Å². The van der Waals surface area contributed by atoms with Crippen LogP contribution in [0.2, 0.25) is 0 Å². The number of hydrogen-bond donors (Lipinski definition) is 2. The first-order valence-corrected chi connectivity index (χ1v) is 5.94. The molecule has 0 radical (unpaired) electrons. The normalized spacial score (nSPS) is 10.1. The second-order valence-corrected chi connectivity index (χ2v) is 4.25. The summed E-state index contributed by atoms with van der Waals surface area (Å²) in [4.78, 5) is 17.2. The van der Waals surface area contributed by atoms with Gasteiger partial charge in [-0.15, -0.1) is 0 Å². The van der Waals surface area contributed by atoms with Crippen molar-refractivity contribution in [1.82, 2.24) is 4.98 Å². The number of aromatic nitrogens is 1. The van der Waals surface area contributed by atoms with Crippen LogP contribution in [0.5, 0.6) is 0 Å². The Morgan fingerprint density at radius 3 is 2.47 bits per heavy atom. The number of amides is 1. The van der Waals surface area contributed by atoms with Gasteiger partial charge in [0, 0.05) is 18.4 Å². The zero-order valence-electron chi connectivity index (χ0n) is 10.5. The molecular formula is C14H16N4O. The molecule has 0 aliphatic carbocycles. The van der Waals surface area contributed by atoms with Crippen LogP contribution < -0.4 is 16.4 Å². The van der Waals surface area contributed by atoms with E-state index >= 15 is 0 Å². The van der Waals surface area contributed by atoms with Gasteiger partial charge >= 0.3 is 0 Å². The van der Waals surface area contributed by atoms with Crippen molar-refractivity contribution < 1.29 is 4.79 Å². The molecule has 0 spiro atoms. The van der Waals surface area contributed by atoms with Gasteiger partial charge in [-0.05, 0) is 29.8 Å². The summed E-state index contributed by atoms with van der Waals surface area (Å²) < 4.78 is 0. The maximum atomic E-state index is 11.2. The zero-order chi connectivity index (χ0) is 13.7. The van der Waals surface area contributed by atoms with Crippen LogP contribution in [0.3, 0.4) is 0 Å². The SMILES string of the molecule is NC(=O)CN(Cc1ccc(N)cc1)c1ccccn1. The number of primary amides is 1. The number of carbonyl (C=O) groups is 1. The molecule has 5 heteroatoms. The molecule has 0 aliphatic heterocycles. The number of hydrogen-bond acceptors (Lipinski definition) is 4. The van der Waals surface area contributed by atoms with E-state index in [4.69, 9.17) is 11.5 Å². The second-order valence-electron chi connectivity index (χ2n) is 4.25. The first-order chi connectivity index (χ1) is 9.15. The molecule has 1 heterocycles. The topological polar surface area (TPSA) is 85.2 Å². The number of benzene rings is 1. The molecule has 0 saturated carbocycles. The first-order valence-electron chi connectivity index (χ1n) is 5.94. The Kier molecular flexibility index (Phi) is 3.97. The van der Waals surface area contributed by atoms with E-state index in [-0.39, 0.29) is 12.5 Å². The molecule has 0 bridgehead atoms. The average Bonchev–Trinajstić information content (AvgIpc) is 2.41. The number of carbonyl (C=O) groups excluding carboxylic acids is 1. The standard InChI is InChI=1S/C14H16N4O/c15-12-6-4-11(5-7-12)9-18(10-13(16)19)14-3-1-2-8-17-14/h1-8H,9-10,15H2,(H2,16,19). The molecule has 19 heavy (non-hydrogen) atoms. The van der Waals surface area contributed by atoms with Gasteiger partial charge in [0.05, 0.1) is 6.54 Å². The van der Waals surface area contributed by atoms with Crippen LogP contribution in [0.4, 0.5) is 11.5 Å². The molecular weight excluding hydrogens is 240 g/mol. The van der Waals surface area contributed by atoms with Gasteiger partial charge in [-0.25, -0.2) is 4.98 Å². The number of nitrogens with zero attached hydrogens (tertiary/aromatic N) is 2. The number of pyridine rings is 1. The van der Waals surface area contributed by atoms with Gasteiger partial charge in [0.25, 0.3) is 0 Å². The fraction of sp³-hybridized carbons (Fsp3) is 0.143. The van der Waals surface area contributed by atoms with Gasteiger partial charge < -0.3 is 16.4 Å². The van der Waals surface area contributed by atoms with Gasteiger partial charge in [-0.1, -0.05) is 18.2 Å². The third-order valence-corrected chi connectivity index (χ3v) is 2.67. The molecule has 0 aliphatic rings. The fourth-order valence-corrected chi connectivity index (χ4v) is 1.79. The zero-order valence-corrected chi connectivity index (χ0v) is 10.5. The van der Waals surface area contributed by atoms with Crippen LogP contribution in [0.15, 0.2) is 48.7 Å². The van der Waals surface area contributed by atoms with Crippen LogP contribution in [0, 0.1) is 0 Å². The van der Waals surface area contributed by atoms with Crippen molar-refractivity contribution in [2.45, 2.75) is 6.54 Å². The number of anilines is 2. The van der Waals surface area contributed by atoms with Gasteiger partial charge in [0.1, 0.15) is 5.82 Å². The predicted octanol–water partition coefficient (Wildman–Crippen LogP) is 1.16. The lowest BCUT2D eigenvalue weighted by Gasteiger charge is -2.22. The van der Waals surface area contributed by atoms with E-state index in [9.17, 15) is 4.79 Å². The van der Waals surface area contributed by atoms with E-state index < -0.39 is 0 Å². The molecule has 2 rings (SSSR count). The van der Waals surface area contributed by atoms with Crippen molar-refractivity contribution in [2.24, 2.45) is 5.73 Å². The Morgan fingerprint density at radius 2 is 1.89 bits per heavy atom. The highest BCUT2D eigenvalue weighted by molar-refractivity contribution is 5.79. The minimum absolute atomic E-state index is 0.126. The lowest BCUT2D eigenvalue weighted by atomic mass is 10.2. The molecule has 4 N–H and O–H groups in total. The van der Waals surface area contributed by atoms with Gasteiger partial charge in [-0.3, -0.25) is 4.79 Å². The monoisotopic (exact) mass is 256 g/mol. The highest BCUT2D eigenvalue weighted by Gasteiger charge is 2.11.